The smallest absolute Gasteiger partial charge is 0.272 e. The lowest BCUT2D eigenvalue weighted by Crippen LogP contribution is -2.19. The summed E-state index contributed by atoms with van der Waals surface area (Å²) in [4.78, 5) is 17.2. The molecule has 1 N–H and O–H groups in total. The maximum Gasteiger partial charge on any atom is 0.272 e. The number of fused-ring (bicyclic) bond motifs is 1. The van der Waals surface area contributed by atoms with Crippen LogP contribution in [0, 0.1) is 0 Å². The summed E-state index contributed by atoms with van der Waals surface area (Å²) in [5, 5.41) is 4.90. The largest absolute Gasteiger partial charge is 0.350 e. The number of para-hydroxylation sites is 1. The Kier molecular flexibility index (Phi) is 4.70. The first kappa shape index (κ1) is 15.9. The molecule has 0 spiro atoms. The predicted octanol–water partition coefficient (Wildman–Crippen LogP) is 3.29. The third kappa shape index (κ3) is 3.35. The molecule has 2 aromatic heterocycles. The number of amides is 1. The number of pyridine rings is 1. The molecule has 0 aliphatic rings. The molecule has 0 aliphatic carbocycles. The van der Waals surface area contributed by atoms with Gasteiger partial charge in [-0.15, -0.1) is 0 Å². The van der Waals surface area contributed by atoms with Crippen molar-refractivity contribution in [2.45, 2.75) is 19.8 Å². The highest BCUT2D eigenvalue weighted by Crippen LogP contribution is 2.19. The van der Waals surface area contributed by atoms with Crippen molar-refractivity contribution in [3.05, 3.63) is 65.6 Å². The molecular weight excluding hydrogens is 300 g/mol. The van der Waals surface area contributed by atoms with Crippen molar-refractivity contribution in [3.63, 3.8) is 0 Å². The molecule has 0 saturated carbocycles. The first-order valence-electron chi connectivity index (χ1n) is 8.02. The minimum absolute atomic E-state index is 0.226. The van der Waals surface area contributed by atoms with Gasteiger partial charge < -0.3 is 4.57 Å². The zero-order valence-corrected chi connectivity index (χ0v) is 13.9. The molecule has 0 unspecified atom stereocenters. The van der Waals surface area contributed by atoms with Gasteiger partial charge >= 0.3 is 0 Å². The Morgan fingerprint density at radius 3 is 2.88 bits per heavy atom. The zero-order valence-electron chi connectivity index (χ0n) is 13.9. The number of aryl methyl sites for hydroxylation is 2. The third-order valence-corrected chi connectivity index (χ3v) is 3.87. The minimum atomic E-state index is -0.226. The van der Waals surface area contributed by atoms with Crippen molar-refractivity contribution in [3.8, 4) is 0 Å². The molecule has 0 aliphatic heterocycles. The summed E-state index contributed by atoms with van der Waals surface area (Å²) >= 11 is 0. The molecule has 0 saturated heterocycles. The fourth-order valence-corrected chi connectivity index (χ4v) is 2.63. The van der Waals surface area contributed by atoms with Crippen LogP contribution in [0.2, 0.25) is 0 Å². The van der Waals surface area contributed by atoms with E-state index in [4.69, 9.17) is 0 Å². The highest BCUT2D eigenvalue weighted by Gasteiger charge is 2.12. The molecular formula is C19H20N4O. The predicted molar refractivity (Wildman–Crippen MR) is 96.2 cm³/mol. The Hall–Kier alpha value is -2.95. The van der Waals surface area contributed by atoms with Crippen LogP contribution in [0.3, 0.4) is 0 Å². The lowest BCUT2D eigenvalue weighted by atomic mass is 10.1. The molecule has 5 nitrogen and oxygen atoms in total. The fraction of sp³-hybridized carbons (Fsp3) is 0.211. The maximum absolute atomic E-state index is 12.6. The molecule has 1 aromatic carbocycles. The van der Waals surface area contributed by atoms with Crippen LogP contribution in [0.1, 0.15) is 35.1 Å². The highest BCUT2D eigenvalue weighted by molar-refractivity contribution is 6.06. The van der Waals surface area contributed by atoms with E-state index in [1.54, 1.807) is 6.21 Å². The number of nitrogens with one attached hydrogen (secondary N) is 1. The van der Waals surface area contributed by atoms with Crippen molar-refractivity contribution in [1.82, 2.24) is 15.0 Å². The number of hydrogen-bond donors (Lipinski definition) is 1. The van der Waals surface area contributed by atoms with Crippen LogP contribution in [0.15, 0.2) is 53.8 Å². The first-order chi connectivity index (χ1) is 11.7. The fourth-order valence-electron chi connectivity index (χ4n) is 2.63. The van der Waals surface area contributed by atoms with Crippen LogP contribution in [0.25, 0.3) is 10.9 Å². The molecule has 3 rings (SSSR count). The van der Waals surface area contributed by atoms with E-state index >= 15 is 0 Å². The number of rotatable bonds is 5. The van der Waals surface area contributed by atoms with Gasteiger partial charge in [0.1, 0.15) is 0 Å². The molecule has 0 bridgehead atoms. The van der Waals surface area contributed by atoms with Crippen molar-refractivity contribution >= 4 is 23.0 Å². The van der Waals surface area contributed by atoms with Gasteiger partial charge in [0.25, 0.3) is 5.91 Å². The zero-order chi connectivity index (χ0) is 16.9. The number of carbonyl (C=O) groups excluding carboxylic acids is 1. The van der Waals surface area contributed by atoms with Crippen molar-refractivity contribution in [2.75, 3.05) is 0 Å². The molecule has 122 valence electrons. The summed E-state index contributed by atoms with van der Waals surface area (Å²) < 4.78 is 1.93. The van der Waals surface area contributed by atoms with E-state index in [1.807, 2.05) is 60.3 Å². The van der Waals surface area contributed by atoms with Gasteiger partial charge in [0.15, 0.2) is 0 Å². The van der Waals surface area contributed by atoms with E-state index < -0.39 is 0 Å². The number of benzene rings is 1. The summed E-state index contributed by atoms with van der Waals surface area (Å²) in [7, 11) is 1.93. The van der Waals surface area contributed by atoms with Crippen LogP contribution >= 0.6 is 0 Å². The molecule has 1 amide bonds. The molecule has 0 radical (unpaired) electrons. The summed E-state index contributed by atoms with van der Waals surface area (Å²) in [6, 6.07) is 13.4. The number of nitrogens with zero attached hydrogens (tertiary/aromatic N) is 3. The third-order valence-electron chi connectivity index (χ3n) is 3.87. The van der Waals surface area contributed by atoms with Crippen LogP contribution in [0.5, 0.6) is 0 Å². The van der Waals surface area contributed by atoms with Crippen LogP contribution in [-0.2, 0) is 13.5 Å². The Morgan fingerprint density at radius 2 is 2.12 bits per heavy atom. The number of carbonyl (C=O) groups is 1. The minimum Gasteiger partial charge on any atom is -0.350 e. The Balaban J connectivity index is 1.88. The molecule has 3 aromatic rings. The lowest BCUT2D eigenvalue weighted by Gasteiger charge is -2.08. The average Bonchev–Trinajstić information content (AvgIpc) is 2.99. The molecule has 2 heterocycles. The van der Waals surface area contributed by atoms with E-state index in [1.165, 1.54) is 0 Å². The van der Waals surface area contributed by atoms with E-state index in [2.05, 4.69) is 22.4 Å². The van der Waals surface area contributed by atoms with E-state index in [0.29, 0.717) is 5.56 Å². The van der Waals surface area contributed by atoms with E-state index in [9.17, 15) is 4.79 Å². The summed E-state index contributed by atoms with van der Waals surface area (Å²) in [6.45, 7) is 2.10. The number of hydrogen-bond acceptors (Lipinski definition) is 3. The molecule has 0 atom stereocenters. The highest BCUT2D eigenvalue weighted by atomic mass is 16.2. The SMILES string of the molecule is CCCc1cc(C(=O)NN=Cc2cccn2C)c2ccccc2n1. The van der Waals surface area contributed by atoms with Gasteiger partial charge in [-0.1, -0.05) is 31.5 Å². The van der Waals surface area contributed by atoms with Crippen LogP contribution in [-0.4, -0.2) is 21.7 Å². The van der Waals surface area contributed by atoms with Gasteiger partial charge in [0.2, 0.25) is 0 Å². The Labute approximate surface area is 141 Å². The number of aromatic nitrogens is 2. The second kappa shape index (κ2) is 7.08. The lowest BCUT2D eigenvalue weighted by molar-refractivity contribution is 0.0956. The Bertz CT molecular complexity index is 895. The first-order valence-corrected chi connectivity index (χ1v) is 8.02. The molecule has 5 heteroatoms. The Morgan fingerprint density at radius 1 is 1.29 bits per heavy atom. The normalized spacial score (nSPS) is 11.2. The second-order valence-electron chi connectivity index (χ2n) is 5.67. The summed E-state index contributed by atoms with van der Waals surface area (Å²) in [5.41, 5.74) is 5.90. The standard InChI is InChI=1S/C19H20N4O/c1-3-7-14-12-17(16-9-4-5-10-18(16)21-14)19(24)22-20-13-15-8-6-11-23(15)2/h4-6,8-13H,3,7H2,1-2H3,(H,22,24). The van der Waals surface area contributed by atoms with Crippen molar-refractivity contribution < 1.29 is 4.79 Å². The van der Waals surface area contributed by atoms with Crippen molar-refractivity contribution in [1.29, 1.82) is 0 Å². The van der Waals surface area contributed by atoms with Crippen molar-refractivity contribution in [2.24, 2.45) is 12.1 Å². The monoisotopic (exact) mass is 320 g/mol. The van der Waals surface area contributed by atoms with Crippen LogP contribution < -0.4 is 5.43 Å². The molecule has 24 heavy (non-hydrogen) atoms. The summed E-state index contributed by atoms with van der Waals surface area (Å²) in [5.74, 6) is -0.226. The summed E-state index contributed by atoms with van der Waals surface area (Å²) in [6.07, 6.45) is 5.39. The number of hydrazone groups is 1. The second-order valence-corrected chi connectivity index (χ2v) is 5.67. The van der Waals surface area contributed by atoms with Gasteiger partial charge in [0.05, 0.1) is 23.0 Å². The van der Waals surface area contributed by atoms with E-state index in [0.717, 1.165) is 35.1 Å². The van der Waals surface area contributed by atoms with Gasteiger partial charge in [-0.3, -0.25) is 9.78 Å². The quantitative estimate of drug-likeness (QED) is 0.579. The average molecular weight is 320 g/mol. The van der Waals surface area contributed by atoms with Crippen LogP contribution in [0.4, 0.5) is 0 Å². The van der Waals surface area contributed by atoms with Gasteiger partial charge in [0, 0.05) is 24.3 Å². The van der Waals surface area contributed by atoms with Gasteiger partial charge in [-0.25, -0.2) is 5.43 Å². The maximum atomic E-state index is 12.6. The van der Waals surface area contributed by atoms with Gasteiger partial charge in [-0.05, 0) is 30.7 Å². The van der Waals surface area contributed by atoms with E-state index in [-0.39, 0.29) is 5.91 Å². The van der Waals surface area contributed by atoms with Gasteiger partial charge in [-0.2, -0.15) is 5.10 Å². The topological polar surface area (TPSA) is 59.3 Å². The molecule has 0 fully saturated rings.